The minimum Gasteiger partial charge on any atom is -0.466 e. The number of hydrogen-bond acceptors (Lipinski definition) is 2. The Balaban J connectivity index is 1.74. The first kappa shape index (κ1) is 11.9. The first-order chi connectivity index (χ1) is 8.31. The van der Waals surface area contributed by atoms with Crippen molar-refractivity contribution >= 4 is 12.0 Å². The zero-order valence-corrected chi connectivity index (χ0v) is 10.1. The first-order valence-corrected chi connectivity index (χ1v) is 6.19. The standard InChI is InChI=1S/C15H18O2/c1-2-17-15(16)14-11-13(14)10-6-9-12-7-4-3-5-8-12/h3-9,13-14H,2,10-11H2,1H3/t13-,14-/m0/s1. The lowest BCUT2D eigenvalue weighted by atomic mass is 10.1. The average molecular weight is 230 g/mol. The van der Waals surface area contributed by atoms with Crippen LogP contribution in [0.2, 0.25) is 0 Å². The summed E-state index contributed by atoms with van der Waals surface area (Å²) < 4.78 is 5.00. The third kappa shape index (κ3) is 3.45. The van der Waals surface area contributed by atoms with Crippen molar-refractivity contribution in [2.75, 3.05) is 6.61 Å². The fourth-order valence-electron chi connectivity index (χ4n) is 1.99. The largest absolute Gasteiger partial charge is 0.466 e. The molecule has 2 rings (SSSR count). The quantitative estimate of drug-likeness (QED) is 0.725. The van der Waals surface area contributed by atoms with E-state index in [0.717, 1.165) is 12.8 Å². The number of esters is 1. The van der Waals surface area contributed by atoms with E-state index in [1.54, 1.807) is 0 Å². The summed E-state index contributed by atoms with van der Waals surface area (Å²) in [5.74, 6) is 0.620. The van der Waals surface area contributed by atoms with Gasteiger partial charge in [-0.25, -0.2) is 0 Å². The number of benzene rings is 1. The van der Waals surface area contributed by atoms with Gasteiger partial charge in [0.25, 0.3) is 0 Å². The Morgan fingerprint density at radius 1 is 1.41 bits per heavy atom. The van der Waals surface area contributed by atoms with Gasteiger partial charge in [-0.3, -0.25) is 4.79 Å². The Bertz CT molecular complexity index is 395. The maximum Gasteiger partial charge on any atom is 0.309 e. The molecule has 1 aromatic carbocycles. The van der Waals surface area contributed by atoms with Gasteiger partial charge < -0.3 is 4.74 Å². The molecule has 2 heteroatoms. The Morgan fingerprint density at radius 2 is 2.18 bits per heavy atom. The molecule has 0 amide bonds. The summed E-state index contributed by atoms with van der Waals surface area (Å²) >= 11 is 0. The summed E-state index contributed by atoms with van der Waals surface area (Å²) in [7, 11) is 0. The Morgan fingerprint density at radius 3 is 2.88 bits per heavy atom. The van der Waals surface area contributed by atoms with Gasteiger partial charge in [-0.05, 0) is 31.2 Å². The van der Waals surface area contributed by atoms with Gasteiger partial charge in [0, 0.05) is 0 Å². The van der Waals surface area contributed by atoms with Crippen LogP contribution >= 0.6 is 0 Å². The molecule has 0 N–H and O–H groups in total. The average Bonchev–Trinajstić information content (AvgIpc) is 3.10. The highest BCUT2D eigenvalue weighted by Gasteiger charge is 2.42. The summed E-state index contributed by atoms with van der Waals surface area (Å²) in [4.78, 5) is 11.4. The van der Waals surface area contributed by atoms with Gasteiger partial charge in [0.05, 0.1) is 12.5 Å². The molecule has 2 nitrogen and oxygen atoms in total. The van der Waals surface area contributed by atoms with Crippen LogP contribution in [0.3, 0.4) is 0 Å². The predicted octanol–water partition coefficient (Wildman–Crippen LogP) is 3.29. The van der Waals surface area contributed by atoms with Gasteiger partial charge in [0.2, 0.25) is 0 Å². The van der Waals surface area contributed by atoms with E-state index in [-0.39, 0.29) is 11.9 Å². The van der Waals surface area contributed by atoms with Crippen molar-refractivity contribution in [3.8, 4) is 0 Å². The van der Waals surface area contributed by atoms with Crippen LogP contribution in [0.5, 0.6) is 0 Å². The summed E-state index contributed by atoms with van der Waals surface area (Å²) in [6.07, 6.45) is 6.22. The van der Waals surface area contributed by atoms with E-state index in [0.29, 0.717) is 12.5 Å². The van der Waals surface area contributed by atoms with E-state index in [1.807, 2.05) is 25.1 Å². The highest BCUT2D eigenvalue weighted by molar-refractivity contribution is 5.75. The molecule has 0 spiro atoms. The van der Waals surface area contributed by atoms with Gasteiger partial charge in [-0.2, -0.15) is 0 Å². The van der Waals surface area contributed by atoms with Crippen LogP contribution in [0.25, 0.3) is 6.08 Å². The summed E-state index contributed by atoms with van der Waals surface area (Å²) in [6.45, 7) is 2.34. The van der Waals surface area contributed by atoms with Crippen molar-refractivity contribution < 1.29 is 9.53 Å². The molecule has 0 aliphatic heterocycles. The third-order valence-corrected chi connectivity index (χ3v) is 3.06. The minimum atomic E-state index is -0.0226. The molecule has 17 heavy (non-hydrogen) atoms. The van der Waals surface area contributed by atoms with Crippen LogP contribution < -0.4 is 0 Å². The van der Waals surface area contributed by atoms with Gasteiger partial charge in [0.1, 0.15) is 0 Å². The van der Waals surface area contributed by atoms with Crippen molar-refractivity contribution in [2.24, 2.45) is 11.8 Å². The molecule has 1 aliphatic carbocycles. The first-order valence-electron chi connectivity index (χ1n) is 6.19. The zero-order valence-electron chi connectivity index (χ0n) is 10.1. The number of ether oxygens (including phenoxy) is 1. The molecule has 90 valence electrons. The van der Waals surface area contributed by atoms with Crippen LogP contribution in [0.15, 0.2) is 36.4 Å². The van der Waals surface area contributed by atoms with E-state index in [4.69, 9.17) is 4.74 Å². The lowest BCUT2D eigenvalue weighted by Crippen LogP contribution is -2.07. The van der Waals surface area contributed by atoms with E-state index >= 15 is 0 Å². The zero-order chi connectivity index (χ0) is 12.1. The van der Waals surface area contributed by atoms with Gasteiger partial charge >= 0.3 is 5.97 Å². The molecule has 0 radical (unpaired) electrons. The maximum atomic E-state index is 11.4. The van der Waals surface area contributed by atoms with E-state index in [2.05, 4.69) is 24.3 Å². The molecule has 0 heterocycles. The van der Waals surface area contributed by atoms with Crippen molar-refractivity contribution in [3.05, 3.63) is 42.0 Å². The number of rotatable bonds is 5. The van der Waals surface area contributed by atoms with E-state index in [1.165, 1.54) is 5.56 Å². The number of carbonyl (C=O) groups is 1. The second kappa shape index (κ2) is 5.67. The number of hydrogen-bond donors (Lipinski definition) is 0. The van der Waals surface area contributed by atoms with Crippen LogP contribution in [0.1, 0.15) is 25.3 Å². The van der Waals surface area contributed by atoms with E-state index in [9.17, 15) is 4.79 Å². The van der Waals surface area contributed by atoms with Gasteiger partial charge in [-0.15, -0.1) is 0 Å². The molecule has 2 atom stereocenters. The normalized spacial score (nSPS) is 22.6. The molecular formula is C15H18O2. The third-order valence-electron chi connectivity index (χ3n) is 3.06. The molecular weight excluding hydrogens is 212 g/mol. The van der Waals surface area contributed by atoms with Crippen molar-refractivity contribution in [1.82, 2.24) is 0 Å². The van der Waals surface area contributed by atoms with Crippen LogP contribution in [0.4, 0.5) is 0 Å². The SMILES string of the molecule is CCOC(=O)[C@H]1C[C@@H]1CC=Cc1ccccc1. The fourth-order valence-corrected chi connectivity index (χ4v) is 1.99. The van der Waals surface area contributed by atoms with Crippen molar-refractivity contribution in [3.63, 3.8) is 0 Å². The monoisotopic (exact) mass is 230 g/mol. The Hall–Kier alpha value is -1.57. The Labute approximate surface area is 102 Å². The Kier molecular flexibility index (Phi) is 3.97. The lowest BCUT2D eigenvalue weighted by molar-refractivity contribution is -0.145. The minimum absolute atomic E-state index is 0.0226. The highest BCUT2D eigenvalue weighted by atomic mass is 16.5. The van der Waals surface area contributed by atoms with Gasteiger partial charge in [-0.1, -0.05) is 42.5 Å². The number of allylic oxidation sites excluding steroid dienone is 1. The van der Waals surface area contributed by atoms with Crippen molar-refractivity contribution in [1.29, 1.82) is 0 Å². The smallest absolute Gasteiger partial charge is 0.309 e. The molecule has 0 bridgehead atoms. The molecule has 0 aromatic heterocycles. The number of carbonyl (C=O) groups excluding carboxylic acids is 1. The molecule has 0 saturated heterocycles. The van der Waals surface area contributed by atoms with Crippen molar-refractivity contribution in [2.45, 2.75) is 19.8 Å². The van der Waals surface area contributed by atoms with Gasteiger partial charge in [0.15, 0.2) is 0 Å². The molecule has 1 saturated carbocycles. The molecule has 0 unspecified atom stereocenters. The lowest BCUT2D eigenvalue weighted by Gasteiger charge is -1.98. The van der Waals surface area contributed by atoms with E-state index < -0.39 is 0 Å². The summed E-state index contributed by atoms with van der Waals surface area (Å²) in [6, 6.07) is 10.2. The fraction of sp³-hybridized carbons (Fsp3) is 0.400. The molecule has 1 fully saturated rings. The maximum absolute atomic E-state index is 11.4. The molecule has 1 aliphatic rings. The predicted molar refractivity (Wildman–Crippen MR) is 68.3 cm³/mol. The second-order valence-corrected chi connectivity index (χ2v) is 4.40. The summed E-state index contributed by atoms with van der Waals surface area (Å²) in [5, 5.41) is 0. The van der Waals surface area contributed by atoms with Crippen LogP contribution in [0, 0.1) is 11.8 Å². The summed E-state index contributed by atoms with van der Waals surface area (Å²) in [5.41, 5.74) is 1.21. The van der Waals surface area contributed by atoms with Crippen LogP contribution in [-0.2, 0) is 9.53 Å². The molecule has 1 aromatic rings. The second-order valence-electron chi connectivity index (χ2n) is 4.40. The topological polar surface area (TPSA) is 26.3 Å². The highest BCUT2D eigenvalue weighted by Crippen LogP contribution is 2.42. The van der Waals surface area contributed by atoms with Crippen LogP contribution in [-0.4, -0.2) is 12.6 Å².